The van der Waals surface area contributed by atoms with Gasteiger partial charge in [0.1, 0.15) is 5.82 Å². The van der Waals surface area contributed by atoms with Crippen LogP contribution in [0.15, 0.2) is 23.1 Å². The topological polar surface area (TPSA) is 46.6 Å². The molecule has 2 fully saturated rings. The Balaban J connectivity index is 1.61. The number of thioether (sulfide) groups is 1. The standard InChI is InChI=1S/C18H22FNO3S/c1-12(21)13-6-7-17(14(19)10-13)24-11-18(22)20-8-9-23-16-5-3-2-4-15(16)20/h6-7,10,15-16H,2-5,8-9,11H2,1H3. The lowest BCUT2D eigenvalue weighted by Gasteiger charge is -2.43. The van der Waals surface area contributed by atoms with Crippen LogP contribution in [0.2, 0.25) is 0 Å². The normalized spacial score (nSPS) is 23.7. The van der Waals surface area contributed by atoms with Crippen LogP contribution in [0.1, 0.15) is 43.0 Å². The van der Waals surface area contributed by atoms with Crippen LogP contribution in [0, 0.1) is 5.82 Å². The molecule has 24 heavy (non-hydrogen) atoms. The second kappa shape index (κ2) is 7.66. The number of Topliss-reactive ketones (excluding diaryl/α,β-unsaturated/α-hetero) is 1. The molecule has 0 radical (unpaired) electrons. The van der Waals surface area contributed by atoms with E-state index in [1.807, 2.05) is 4.90 Å². The maximum Gasteiger partial charge on any atom is 0.233 e. The molecule has 1 saturated heterocycles. The van der Waals surface area contributed by atoms with Crippen LogP contribution in [0.25, 0.3) is 0 Å². The van der Waals surface area contributed by atoms with Crippen LogP contribution in [0.3, 0.4) is 0 Å². The molecule has 1 aliphatic carbocycles. The van der Waals surface area contributed by atoms with E-state index in [1.165, 1.54) is 24.8 Å². The number of rotatable bonds is 4. The van der Waals surface area contributed by atoms with Gasteiger partial charge >= 0.3 is 0 Å². The van der Waals surface area contributed by atoms with Crippen molar-refractivity contribution >= 4 is 23.5 Å². The maximum absolute atomic E-state index is 14.1. The van der Waals surface area contributed by atoms with Crippen molar-refractivity contribution < 1.29 is 18.7 Å². The first-order chi connectivity index (χ1) is 11.6. The number of ketones is 1. The summed E-state index contributed by atoms with van der Waals surface area (Å²) in [6.07, 6.45) is 4.45. The fourth-order valence-electron chi connectivity index (χ4n) is 3.47. The summed E-state index contributed by atoms with van der Waals surface area (Å²) in [4.78, 5) is 26.2. The minimum atomic E-state index is -0.446. The van der Waals surface area contributed by atoms with Crippen LogP contribution in [0.4, 0.5) is 4.39 Å². The van der Waals surface area contributed by atoms with Gasteiger partial charge in [0.15, 0.2) is 5.78 Å². The molecule has 1 aliphatic heterocycles. The quantitative estimate of drug-likeness (QED) is 0.617. The number of benzene rings is 1. The van der Waals surface area contributed by atoms with Gasteiger partial charge in [-0.05, 0) is 31.9 Å². The predicted molar refractivity (Wildman–Crippen MR) is 90.8 cm³/mol. The van der Waals surface area contributed by atoms with E-state index in [4.69, 9.17) is 4.74 Å². The average Bonchev–Trinajstić information content (AvgIpc) is 2.59. The van der Waals surface area contributed by atoms with Gasteiger partial charge in [0, 0.05) is 17.0 Å². The lowest BCUT2D eigenvalue weighted by atomic mass is 9.90. The molecule has 1 aromatic rings. The Labute approximate surface area is 145 Å². The zero-order valence-corrected chi connectivity index (χ0v) is 14.6. The molecule has 2 aliphatic rings. The summed E-state index contributed by atoms with van der Waals surface area (Å²) in [7, 11) is 0. The lowest BCUT2D eigenvalue weighted by Crippen LogP contribution is -2.55. The number of carbonyl (C=O) groups excluding carboxylic acids is 2. The predicted octanol–water partition coefficient (Wildman–Crippen LogP) is 3.29. The van der Waals surface area contributed by atoms with Crippen molar-refractivity contribution in [1.82, 2.24) is 4.90 Å². The fraction of sp³-hybridized carbons (Fsp3) is 0.556. The number of carbonyl (C=O) groups is 2. The molecule has 4 nitrogen and oxygen atoms in total. The monoisotopic (exact) mass is 351 g/mol. The van der Waals surface area contributed by atoms with E-state index in [0.29, 0.717) is 23.6 Å². The summed E-state index contributed by atoms with van der Waals surface area (Å²) in [5, 5.41) is 0. The Morgan fingerprint density at radius 3 is 2.88 bits per heavy atom. The molecule has 3 rings (SSSR count). The van der Waals surface area contributed by atoms with E-state index in [-0.39, 0.29) is 29.6 Å². The molecule has 1 heterocycles. The second-order valence-corrected chi connectivity index (χ2v) is 7.36. The van der Waals surface area contributed by atoms with Crippen molar-refractivity contribution in [2.45, 2.75) is 49.6 Å². The zero-order valence-electron chi connectivity index (χ0n) is 13.8. The fourth-order valence-corrected chi connectivity index (χ4v) is 4.27. The van der Waals surface area contributed by atoms with Gasteiger partial charge in [-0.15, -0.1) is 11.8 Å². The largest absolute Gasteiger partial charge is 0.374 e. The number of ether oxygens (including phenoxy) is 1. The highest BCUT2D eigenvalue weighted by Crippen LogP contribution is 2.30. The highest BCUT2D eigenvalue weighted by molar-refractivity contribution is 8.00. The minimum absolute atomic E-state index is 0.0373. The number of amides is 1. The zero-order chi connectivity index (χ0) is 17.1. The smallest absolute Gasteiger partial charge is 0.233 e. The summed E-state index contributed by atoms with van der Waals surface area (Å²) in [5.74, 6) is -0.369. The first-order valence-electron chi connectivity index (χ1n) is 8.40. The number of hydrogen-bond donors (Lipinski definition) is 0. The van der Waals surface area contributed by atoms with Crippen LogP contribution >= 0.6 is 11.8 Å². The van der Waals surface area contributed by atoms with Gasteiger partial charge in [-0.1, -0.05) is 18.9 Å². The molecular weight excluding hydrogens is 329 g/mol. The number of hydrogen-bond acceptors (Lipinski definition) is 4. The number of fused-ring (bicyclic) bond motifs is 1. The maximum atomic E-state index is 14.1. The van der Waals surface area contributed by atoms with Crippen molar-refractivity contribution in [3.8, 4) is 0 Å². The van der Waals surface area contributed by atoms with Gasteiger partial charge < -0.3 is 9.64 Å². The van der Waals surface area contributed by atoms with Gasteiger partial charge in [-0.25, -0.2) is 4.39 Å². The third-order valence-corrected chi connectivity index (χ3v) is 5.78. The first-order valence-corrected chi connectivity index (χ1v) is 9.39. The molecule has 1 saturated carbocycles. The van der Waals surface area contributed by atoms with Gasteiger partial charge in [0.05, 0.1) is 24.5 Å². The van der Waals surface area contributed by atoms with E-state index < -0.39 is 5.82 Å². The van der Waals surface area contributed by atoms with E-state index in [2.05, 4.69) is 0 Å². The third-order valence-electron chi connectivity index (χ3n) is 4.74. The highest BCUT2D eigenvalue weighted by Gasteiger charge is 2.36. The van der Waals surface area contributed by atoms with Crippen molar-refractivity contribution in [2.75, 3.05) is 18.9 Å². The molecule has 2 atom stereocenters. The van der Waals surface area contributed by atoms with Crippen molar-refractivity contribution in [3.05, 3.63) is 29.6 Å². The lowest BCUT2D eigenvalue weighted by molar-refractivity contribution is -0.146. The van der Waals surface area contributed by atoms with E-state index >= 15 is 0 Å². The number of morpholine rings is 1. The second-order valence-electron chi connectivity index (χ2n) is 6.34. The van der Waals surface area contributed by atoms with Gasteiger partial charge in [0.25, 0.3) is 0 Å². The van der Waals surface area contributed by atoms with Crippen LogP contribution < -0.4 is 0 Å². The van der Waals surface area contributed by atoms with Gasteiger partial charge in [-0.2, -0.15) is 0 Å². The Kier molecular flexibility index (Phi) is 5.56. The van der Waals surface area contributed by atoms with Crippen molar-refractivity contribution in [3.63, 3.8) is 0 Å². The average molecular weight is 351 g/mol. The Morgan fingerprint density at radius 1 is 1.33 bits per heavy atom. The highest BCUT2D eigenvalue weighted by atomic mass is 32.2. The van der Waals surface area contributed by atoms with Gasteiger partial charge in [-0.3, -0.25) is 9.59 Å². The molecule has 6 heteroatoms. The van der Waals surface area contributed by atoms with E-state index in [9.17, 15) is 14.0 Å². The first kappa shape index (κ1) is 17.4. The summed E-state index contributed by atoms with van der Waals surface area (Å²) in [6.45, 7) is 2.61. The molecule has 1 amide bonds. The summed E-state index contributed by atoms with van der Waals surface area (Å²) < 4.78 is 19.8. The summed E-state index contributed by atoms with van der Waals surface area (Å²) in [5.41, 5.74) is 0.349. The molecule has 0 aromatic heterocycles. The Bertz CT molecular complexity index is 635. The molecular formula is C18H22FNO3S. The summed E-state index contributed by atoms with van der Waals surface area (Å²) >= 11 is 1.19. The Hall–Kier alpha value is -1.40. The molecule has 0 bridgehead atoms. The third kappa shape index (κ3) is 3.81. The van der Waals surface area contributed by atoms with Crippen LogP contribution in [0.5, 0.6) is 0 Å². The van der Waals surface area contributed by atoms with Crippen molar-refractivity contribution in [1.29, 1.82) is 0 Å². The SMILES string of the molecule is CC(=O)c1ccc(SCC(=O)N2CCOC3CCCCC32)c(F)c1. The van der Waals surface area contributed by atoms with Crippen molar-refractivity contribution in [2.24, 2.45) is 0 Å². The van der Waals surface area contributed by atoms with E-state index in [0.717, 1.165) is 25.7 Å². The molecule has 2 unspecified atom stereocenters. The number of nitrogens with zero attached hydrogens (tertiary/aromatic N) is 1. The number of halogens is 1. The minimum Gasteiger partial charge on any atom is -0.374 e. The summed E-state index contributed by atoms with van der Waals surface area (Å²) in [6, 6.07) is 4.59. The van der Waals surface area contributed by atoms with Crippen LogP contribution in [-0.4, -0.2) is 47.6 Å². The van der Waals surface area contributed by atoms with E-state index in [1.54, 1.807) is 12.1 Å². The molecule has 0 spiro atoms. The van der Waals surface area contributed by atoms with Gasteiger partial charge in [0.2, 0.25) is 5.91 Å². The van der Waals surface area contributed by atoms with Crippen LogP contribution in [-0.2, 0) is 9.53 Å². The molecule has 0 N–H and O–H groups in total. The molecule has 130 valence electrons. The molecule has 1 aromatic carbocycles. The Morgan fingerprint density at radius 2 is 2.12 bits per heavy atom.